The molecule has 0 aromatic carbocycles. The molecule has 3 heterocycles. The lowest BCUT2D eigenvalue weighted by molar-refractivity contribution is 0.155. The van der Waals surface area contributed by atoms with E-state index in [0.717, 1.165) is 37.5 Å². The molecule has 3 N–H and O–H groups in total. The van der Waals surface area contributed by atoms with Crippen molar-refractivity contribution in [3.8, 4) is 6.01 Å². The fourth-order valence-corrected chi connectivity index (χ4v) is 5.16. The molecule has 8 heteroatoms. The molecule has 172 valence electrons. The minimum Gasteiger partial charge on any atom is -0.463 e. The highest BCUT2D eigenvalue weighted by atomic mass is 16.5. The average Bonchev–Trinajstić information content (AvgIpc) is 3.38. The highest BCUT2D eigenvalue weighted by molar-refractivity contribution is 5.81. The zero-order valence-electron chi connectivity index (χ0n) is 18.9. The number of nitrogens with two attached hydrogens (primary N) is 1. The van der Waals surface area contributed by atoms with Crippen molar-refractivity contribution < 1.29 is 4.74 Å². The lowest BCUT2D eigenvalue weighted by atomic mass is 9.91. The summed E-state index contributed by atoms with van der Waals surface area (Å²) in [6.45, 7) is 7.07. The van der Waals surface area contributed by atoms with Gasteiger partial charge in [-0.3, -0.25) is 4.57 Å². The van der Waals surface area contributed by atoms with Crippen molar-refractivity contribution in [3.63, 3.8) is 0 Å². The van der Waals surface area contributed by atoms with Crippen LogP contribution < -0.4 is 16.2 Å². The van der Waals surface area contributed by atoms with Crippen molar-refractivity contribution in [3.05, 3.63) is 10.5 Å². The van der Waals surface area contributed by atoms with Crippen molar-refractivity contribution in [1.29, 1.82) is 0 Å². The van der Waals surface area contributed by atoms with Crippen LogP contribution in [0.4, 0.5) is 5.82 Å². The Morgan fingerprint density at radius 1 is 1.10 bits per heavy atom. The van der Waals surface area contributed by atoms with E-state index in [1.165, 1.54) is 58.2 Å². The molecule has 1 aliphatic heterocycles. The first-order valence-corrected chi connectivity index (χ1v) is 12.2. The average molecular weight is 431 g/mol. The van der Waals surface area contributed by atoms with Gasteiger partial charge in [0.15, 0.2) is 11.5 Å². The van der Waals surface area contributed by atoms with Gasteiger partial charge in [0, 0.05) is 13.1 Å². The number of unbranched alkanes of at least 4 members (excludes halogenated alkanes) is 1. The maximum absolute atomic E-state index is 12.5. The second-order valence-corrected chi connectivity index (χ2v) is 9.41. The number of likely N-dealkylation sites (tertiary alicyclic amines) is 1. The first kappa shape index (κ1) is 22.1. The van der Waals surface area contributed by atoms with Gasteiger partial charge in [-0.1, -0.05) is 26.2 Å². The summed E-state index contributed by atoms with van der Waals surface area (Å²) in [4.78, 5) is 26.6. The molecule has 0 amide bonds. The lowest BCUT2D eigenvalue weighted by Crippen LogP contribution is -2.36. The van der Waals surface area contributed by atoms with Crippen LogP contribution in [0.25, 0.3) is 11.2 Å². The number of rotatable bonds is 10. The molecule has 1 aliphatic carbocycles. The van der Waals surface area contributed by atoms with Gasteiger partial charge in [0.1, 0.15) is 5.52 Å². The van der Waals surface area contributed by atoms with Gasteiger partial charge in [-0.25, -0.2) is 4.79 Å². The number of nitrogens with zero attached hydrogens (tertiary/aromatic N) is 4. The van der Waals surface area contributed by atoms with E-state index >= 15 is 0 Å². The highest BCUT2D eigenvalue weighted by Crippen LogP contribution is 2.28. The molecule has 0 spiro atoms. The molecular formula is C23H38N6O2. The van der Waals surface area contributed by atoms with E-state index in [1.807, 2.05) is 0 Å². The third-order valence-corrected chi connectivity index (χ3v) is 7.05. The number of aryl methyl sites for hydroxylation is 1. The molecule has 4 rings (SSSR count). The molecule has 31 heavy (non-hydrogen) atoms. The number of aromatic amines is 1. The molecule has 0 bridgehead atoms. The standard InChI is InChI=1S/C23H38N6O2/c1-2-3-15-31-22-26-20(24)19-21(27-22)29(23(30)25-19)12-6-9-17-10-13-28(14-11-17)16-18-7-4-5-8-18/h17-18H,2-16H2,1H3,(H,25,30)(H2,24,26,27). The van der Waals surface area contributed by atoms with Crippen LogP contribution in [-0.2, 0) is 6.54 Å². The summed E-state index contributed by atoms with van der Waals surface area (Å²) in [5, 5.41) is 0. The summed E-state index contributed by atoms with van der Waals surface area (Å²) >= 11 is 0. The molecule has 1 saturated carbocycles. The molecule has 0 atom stereocenters. The predicted octanol–water partition coefficient (Wildman–Crippen LogP) is 3.56. The first-order valence-electron chi connectivity index (χ1n) is 12.2. The largest absolute Gasteiger partial charge is 0.463 e. The molecule has 2 aromatic rings. The second-order valence-electron chi connectivity index (χ2n) is 9.41. The number of fused-ring (bicyclic) bond motifs is 1. The van der Waals surface area contributed by atoms with Crippen LogP contribution in [0.2, 0.25) is 0 Å². The van der Waals surface area contributed by atoms with Crippen molar-refractivity contribution in [1.82, 2.24) is 24.4 Å². The number of hydrogen-bond donors (Lipinski definition) is 2. The molecule has 2 aromatic heterocycles. The van der Waals surface area contributed by atoms with Crippen LogP contribution in [0.3, 0.4) is 0 Å². The van der Waals surface area contributed by atoms with E-state index < -0.39 is 0 Å². The number of nitrogen functional groups attached to an aromatic ring is 1. The number of hydrogen-bond acceptors (Lipinski definition) is 6. The SMILES string of the molecule is CCCCOc1nc(N)c2[nH]c(=O)n(CCCC3CCN(CC4CCCC4)CC3)c2n1. The molecule has 2 fully saturated rings. The maximum Gasteiger partial charge on any atom is 0.327 e. The summed E-state index contributed by atoms with van der Waals surface area (Å²) < 4.78 is 7.31. The van der Waals surface area contributed by atoms with Gasteiger partial charge in [0.25, 0.3) is 0 Å². The third kappa shape index (κ3) is 5.59. The minimum absolute atomic E-state index is 0.173. The number of ether oxygens (including phenoxy) is 1. The predicted molar refractivity (Wildman–Crippen MR) is 123 cm³/mol. The van der Waals surface area contributed by atoms with Crippen molar-refractivity contribution in [2.45, 2.75) is 77.7 Å². The Morgan fingerprint density at radius 2 is 1.87 bits per heavy atom. The van der Waals surface area contributed by atoms with Gasteiger partial charge < -0.3 is 20.4 Å². The molecule has 0 radical (unpaired) electrons. The van der Waals surface area contributed by atoms with E-state index in [0.29, 0.717) is 24.3 Å². The Morgan fingerprint density at radius 3 is 2.61 bits per heavy atom. The lowest BCUT2D eigenvalue weighted by Gasteiger charge is -2.33. The number of piperidine rings is 1. The Bertz CT molecular complexity index is 893. The fraction of sp³-hybridized carbons (Fsp3) is 0.783. The van der Waals surface area contributed by atoms with Crippen molar-refractivity contribution in [2.24, 2.45) is 11.8 Å². The van der Waals surface area contributed by atoms with E-state index in [4.69, 9.17) is 10.5 Å². The highest BCUT2D eigenvalue weighted by Gasteiger charge is 2.23. The van der Waals surface area contributed by atoms with E-state index in [-0.39, 0.29) is 17.5 Å². The molecular weight excluding hydrogens is 392 g/mol. The quantitative estimate of drug-likeness (QED) is 0.559. The van der Waals surface area contributed by atoms with Crippen LogP contribution >= 0.6 is 0 Å². The second kappa shape index (κ2) is 10.5. The summed E-state index contributed by atoms with van der Waals surface area (Å²) in [6, 6.07) is 0.251. The smallest absolute Gasteiger partial charge is 0.327 e. The van der Waals surface area contributed by atoms with Crippen LogP contribution in [0.1, 0.15) is 71.1 Å². The summed E-state index contributed by atoms with van der Waals surface area (Å²) in [5.41, 5.74) is 6.93. The van der Waals surface area contributed by atoms with Crippen molar-refractivity contribution in [2.75, 3.05) is 32.0 Å². The number of aromatic nitrogens is 4. The van der Waals surface area contributed by atoms with Gasteiger partial charge >= 0.3 is 11.7 Å². The van der Waals surface area contributed by atoms with Crippen LogP contribution in [0, 0.1) is 11.8 Å². The topological polar surface area (TPSA) is 102 Å². The maximum atomic E-state index is 12.5. The van der Waals surface area contributed by atoms with Gasteiger partial charge in [-0.15, -0.1) is 0 Å². The minimum atomic E-state index is -0.173. The normalized spacial score (nSPS) is 18.9. The molecule has 0 unspecified atom stereocenters. The monoisotopic (exact) mass is 430 g/mol. The number of anilines is 1. The zero-order valence-corrected chi connectivity index (χ0v) is 18.9. The molecule has 8 nitrogen and oxygen atoms in total. The number of H-pyrrole nitrogens is 1. The van der Waals surface area contributed by atoms with Crippen LogP contribution in [-0.4, -0.2) is 50.7 Å². The summed E-state index contributed by atoms with van der Waals surface area (Å²) in [5.74, 6) is 1.96. The van der Waals surface area contributed by atoms with Gasteiger partial charge in [-0.05, 0) is 69.9 Å². The Labute approximate surface area is 184 Å². The first-order chi connectivity index (χ1) is 15.1. The van der Waals surface area contributed by atoms with E-state index in [2.05, 4.69) is 26.8 Å². The van der Waals surface area contributed by atoms with E-state index in [1.54, 1.807) is 4.57 Å². The third-order valence-electron chi connectivity index (χ3n) is 7.05. The van der Waals surface area contributed by atoms with E-state index in [9.17, 15) is 4.79 Å². The molecule has 1 saturated heterocycles. The van der Waals surface area contributed by atoms with Crippen LogP contribution in [0.15, 0.2) is 4.79 Å². The van der Waals surface area contributed by atoms with Gasteiger partial charge in [-0.2, -0.15) is 9.97 Å². The Kier molecular flexibility index (Phi) is 7.48. The fourth-order valence-electron chi connectivity index (χ4n) is 5.16. The van der Waals surface area contributed by atoms with Gasteiger partial charge in [0.2, 0.25) is 0 Å². The number of imidazole rings is 1. The Balaban J connectivity index is 1.29. The number of nitrogens with one attached hydrogen (secondary N) is 1. The summed E-state index contributed by atoms with van der Waals surface area (Å²) in [6.07, 6.45) is 12.4. The molecule has 2 aliphatic rings. The Hall–Kier alpha value is -2.09. The van der Waals surface area contributed by atoms with Gasteiger partial charge in [0.05, 0.1) is 6.61 Å². The van der Waals surface area contributed by atoms with Crippen LogP contribution in [0.5, 0.6) is 6.01 Å². The van der Waals surface area contributed by atoms with Crippen molar-refractivity contribution >= 4 is 17.0 Å². The summed E-state index contributed by atoms with van der Waals surface area (Å²) in [7, 11) is 0. The zero-order chi connectivity index (χ0) is 21.6.